The largest absolute Gasteiger partial charge is 0.310 e. The Labute approximate surface area is 648 Å². The van der Waals surface area contributed by atoms with Crippen molar-refractivity contribution in [3.05, 3.63) is 386 Å². The SMILES string of the molecule is N#Cc1ccc(B2c3ccccc3-n3c4ccccc4c4cccc2c43)cc1.N#Cc1ccc2c(c1)B(c1ccccc1)c1cccc3c4ccccc4n-2c13.N#Cc1cccc(B2c3ccccc3-n3c4ccccc4c4cccc2c43)c1.N#Cc1cccc2c1B(c1ccccc1)c1cccc3c4ccccc4n-2c13. The molecule has 0 amide bonds. The van der Waals surface area contributed by atoms with Gasteiger partial charge < -0.3 is 18.3 Å². The van der Waals surface area contributed by atoms with Crippen LogP contribution in [0.1, 0.15) is 22.3 Å². The quantitative estimate of drug-likeness (QED) is 0.163. The minimum Gasteiger partial charge on any atom is -0.310 e. The molecule has 4 aliphatic heterocycles. The van der Waals surface area contributed by atoms with Gasteiger partial charge in [-0.2, -0.15) is 21.0 Å². The first-order chi connectivity index (χ1) is 55.5. The Kier molecular flexibility index (Phi) is 15.4. The Morgan fingerprint density at radius 2 is 0.509 bits per heavy atom. The van der Waals surface area contributed by atoms with Crippen LogP contribution in [0.4, 0.5) is 0 Å². The summed E-state index contributed by atoms with van der Waals surface area (Å²) in [5.41, 5.74) is 32.4. The van der Waals surface area contributed by atoms with Crippen molar-refractivity contribution in [2.45, 2.75) is 0 Å². The second kappa shape index (κ2) is 26.4. The molecule has 0 atom stereocenters. The van der Waals surface area contributed by atoms with Gasteiger partial charge in [0.25, 0.3) is 0 Å². The summed E-state index contributed by atoms with van der Waals surface area (Å²) < 4.78 is 9.53. The van der Waals surface area contributed by atoms with Crippen molar-refractivity contribution in [2.24, 2.45) is 0 Å². The molecule has 16 aromatic carbocycles. The highest BCUT2D eigenvalue weighted by Gasteiger charge is 2.39. The van der Waals surface area contributed by atoms with Crippen molar-refractivity contribution in [1.29, 1.82) is 21.0 Å². The summed E-state index contributed by atoms with van der Waals surface area (Å²) in [6.45, 7) is 0.437. The standard InChI is InChI=1S/4C25H15BN2/c27-16-17-7-5-8-18(15-17)26-21-11-2-4-14-24(21)28-23-13-3-1-9-19(23)20-10-6-12-22(26)25(20)28;27-16-17-12-14-18(15-13-17)26-21-8-2-4-11-24(21)28-23-10-3-1-6-19(23)20-7-5-9-22(26)25(20)28;27-16-17-8-6-15-23-24(17)26(18-9-2-1-3-10-18)21-13-7-12-20-19-11-4-5-14-22(19)28(23)25(20)21;27-16-17-13-14-24-22(15-17)26(18-7-2-1-3-8-18)21-11-6-10-20-19-9-4-5-12-23(19)28(24)25(20)21/h4*1-15H. The molecule has 24 rings (SSSR count). The molecule has 512 valence electrons. The second-order valence-corrected chi connectivity index (χ2v) is 29.3. The van der Waals surface area contributed by atoms with Gasteiger partial charge >= 0.3 is 0 Å². The summed E-state index contributed by atoms with van der Waals surface area (Å²) in [6.07, 6.45) is 0. The van der Waals surface area contributed by atoms with Crippen LogP contribution in [0.15, 0.2) is 364 Å². The highest BCUT2D eigenvalue weighted by Crippen LogP contribution is 2.38. The van der Waals surface area contributed by atoms with Crippen LogP contribution in [0.2, 0.25) is 0 Å². The lowest BCUT2D eigenvalue weighted by Crippen LogP contribution is -2.56. The van der Waals surface area contributed by atoms with Crippen LogP contribution in [0.5, 0.6) is 0 Å². The molecule has 8 nitrogen and oxygen atoms in total. The third-order valence-electron chi connectivity index (χ3n) is 23.6. The zero-order valence-electron chi connectivity index (χ0n) is 60.5. The molecule has 0 aliphatic carbocycles. The van der Waals surface area contributed by atoms with Crippen molar-refractivity contribution in [3.8, 4) is 47.0 Å². The van der Waals surface area contributed by atoms with Crippen LogP contribution < -0.4 is 65.6 Å². The Hall–Kier alpha value is -15.1. The lowest BCUT2D eigenvalue weighted by atomic mass is 9.35. The van der Waals surface area contributed by atoms with Crippen molar-refractivity contribution in [3.63, 3.8) is 0 Å². The van der Waals surface area contributed by atoms with Gasteiger partial charge in [-0.15, -0.1) is 0 Å². The van der Waals surface area contributed by atoms with Crippen molar-refractivity contribution < 1.29 is 0 Å². The van der Waals surface area contributed by atoms with Gasteiger partial charge in [0.15, 0.2) is 0 Å². The lowest BCUT2D eigenvalue weighted by Gasteiger charge is -2.27. The molecule has 0 spiro atoms. The van der Waals surface area contributed by atoms with Gasteiger partial charge in [-0.1, -0.05) is 295 Å². The summed E-state index contributed by atoms with van der Waals surface area (Å²) in [7, 11) is 0. The van der Waals surface area contributed by atoms with Crippen LogP contribution in [0.3, 0.4) is 0 Å². The highest BCUT2D eigenvalue weighted by molar-refractivity contribution is 7.00. The summed E-state index contributed by atoms with van der Waals surface area (Å²) in [6, 6.07) is 137. The van der Waals surface area contributed by atoms with E-state index in [4.69, 9.17) is 0 Å². The molecule has 12 heteroatoms. The van der Waals surface area contributed by atoms with Gasteiger partial charge in [-0.3, -0.25) is 0 Å². The first-order valence-electron chi connectivity index (χ1n) is 37.9. The number of nitriles is 4. The topological polar surface area (TPSA) is 115 Å². The van der Waals surface area contributed by atoms with E-state index in [-0.39, 0.29) is 26.9 Å². The summed E-state index contributed by atoms with van der Waals surface area (Å²) in [4.78, 5) is 0. The number of hydrogen-bond acceptors (Lipinski definition) is 4. The summed E-state index contributed by atoms with van der Waals surface area (Å²) >= 11 is 0. The van der Waals surface area contributed by atoms with Gasteiger partial charge in [-0.25, -0.2) is 0 Å². The normalized spacial score (nSPS) is 12.2. The maximum absolute atomic E-state index is 9.90. The van der Waals surface area contributed by atoms with Crippen LogP contribution in [0, 0.1) is 45.3 Å². The van der Waals surface area contributed by atoms with Crippen molar-refractivity contribution in [2.75, 3.05) is 0 Å². The maximum Gasteiger partial charge on any atom is 0.248 e. The smallest absolute Gasteiger partial charge is 0.248 e. The summed E-state index contributed by atoms with van der Waals surface area (Å²) in [5.74, 6) is 0. The average molecular weight is 1420 g/mol. The van der Waals surface area contributed by atoms with Gasteiger partial charge in [0.05, 0.1) is 63.0 Å². The van der Waals surface area contributed by atoms with E-state index in [9.17, 15) is 21.0 Å². The molecule has 0 N–H and O–H groups in total. The van der Waals surface area contributed by atoms with Gasteiger partial charge in [0.2, 0.25) is 26.9 Å². The molecule has 4 aliphatic rings. The summed E-state index contributed by atoms with van der Waals surface area (Å²) in [5, 5.41) is 48.2. The number of aromatic nitrogens is 4. The molecule has 20 aromatic rings. The molecule has 4 aromatic heterocycles. The predicted molar refractivity (Wildman–Crippen MR) is 466 cm³/mol. The van der Waals surface area contributed by atoms with E-state index in [1.807, 2.05) is 54.6 Å². The van der Waals surface area contributed by atoms with Gasteiger partial charge in [-0.05, 0) is 135 Å². The minimum atomic E-state index is 0.0487. The van der Waals surface area contributed by atoms with E-state index in [0.29, 0.717) is 16.7 Å². The third kappa shape index (κ3) is 9.97. The molecule has 0 unspecified atom stereocenters. The Bertz CT molecular complexity index is 7480. The Morgan fingerprint density at radius 3 is 0.973 bits per heavy atom. The van der Waals surface area contributed by atoms with E-state index >= 15 is 0 Å². The van der Waals surface area contributed by atoms with Crippen molar-refractivity contribution in [1.82, 2.24) is 18.3 Å². The molecular formula is C100H60B4N8. The number of nitrogens with zero attached hydrogens (tertiary/aromatic N) is 8. The second-order valence-electron chi connectivity index (χ2n) is 29.3. The average Bonchev–Trinajstić information content (AvgIpc) is 1.55. The van der Waals surface area contributed by atoms with E-state index in [2.05, 4.69) is 352 Å². The highest BCUT2D eigenvalue weighted by atomic mass is 15.0. The molecule has 0 saturated heterocycles. The zero-order valence-corrected chi connectivity index (χ0v) is 60.5. The molecule has 0 saturated carbocycles. The minimum absolute atomic E-state index is 0.0487. The fraction of sp³-hybridized carbons (Fsp3) is 0. The fourth-order valence-corrected chi connectivity index (χ4v) is 19.1. The predicted octanol–water partition coefficient (Wildman–Crippen LogP) is 13.9. The number of fused-ring (bicyclic) bond motifs is 20. The third-order valence-corrected chi connectivity index (χ3v) is 23.6. The van der Waals surface area contributed by atoms with Crippen LogP contribution in [-0.2, 0) is 0 Å². The van der Waals surface area contributed by atoms with Crippen LogP contribution in [-0.4, -0.2) is 45.1 Å². The molecule has 0 bridgehead atoms. The number of para-hydroxylation sites is 10. The fourth-order valence-electron chi connectivity index (χ4n) is 19.1. The Morgan fingerprint density at radius 1 is 0.196 bits per heavy atom. The first kappa shape index (κ1) is 65.2. The van der Waals surface area contributed by atoms with E-state index < -0.39 is 0 Å². The zero-order chi connectivity index (χ0) is 74.7. The number of rotatable bonds is 4. The molecule has 0 fully saturated rings. The molecule has 8 heterocycles. The monoisotopic (exact) mass is 1420 g/mol. The number of hydrogen-bond donors (Lipinski definition) is 0. The van der Waals surface area contributed by atoms with E-state index in [0.717, 1.165) is 27.9 Å². The Balaban J connectivity index is 0.0000000943. The van der Waals surface area contributed by atoms with Crippen LogP contribution in [0.25, 0.3) is 110 Å². The lowest BCUT2D eigenvalue weighted by molar-refractivity contribution is 1.19. The van der Waals surface area contributed by atoms with E-state index in [1.165, 1.54) is 153 Å². The maximum atomic E-state index is 9.90. The molecule has 112 heavy (non-hydrogen) atoms. The molecule has 0 radical (unpaired) electrons. The van der Waals surface area contributed by atoms with Crippen molar-refractivity contribution >= 4 is 180 Å². The molecular weight excluding hydrogens is 1360 g/mol. The van der Waals surface area contributed by atoms with Crippen LogP contribution >= 0.6 is 0 Å². The first-order valence-corrected chi connectivity index (χ1v) is 37.9. The van der Waals surface area contributed by atoms with Gasteiger partial charge in [0, 0.05) is 93.5 Å². The number of benzene rings is 16. The van der Waals surface area contributed by atoms with E-state index in [1.54, 1.807) is 0 Å². The van der Waals surface area contributed by atoms with Gasteiger partial charge in [0.1, 0.15) is 0 Å².